The molecule has 0 amide bonds. The Labute approximate surface area is 140 Å². The molecular weight excluding hydrogens is 336 g/mol. The molecule has 1 aliphatic carbocycles. The van der Waals surface area contributed by atoms with Crippen molar-refractivity contribution < 1.29 is 8.42 Å². The first-order chi connectivity index (χ1) is 11.0. The Kier molecular flexibility index (Phi) is 4.52. The molecule has 0 saturated heterocycles. The Morgan fingerprint density at radius 2 is 2.00 bits per heavy atom. The van der Waals surface area contributed by atoms with Gasteiger partial charge in [-0.05, 0) is 43.5 Å². The van der Waals surface area contributed by atoms with Gasteiger partial charge in [0.25, 0.3) is 0 Å². The summed E-state index contributed by atoms with van der Waals surface area (Å²) in [7, 11) is -3.58. The van der Waals surface area contributed by atoms with Crippen molar-refractivity contribution >= 4 is 33.1 Å². The fraction of sp³-hybridized carbons (Fsp3) is 0.333. The van der Waals surface area contributed by atoms with Crippen LogP contribution < -0.4 is 10.0 Å². The van der Waals surface area contributed by atoms with Gasteiger partial charge in [-0.25, -0.2) is 23.1 Å². The number of para-hydroxylation sites is 1. The molecule has 1 aromatic carbocycles. The summed E-state index contributed by atoms with van der Waals surface area (Å²) >= 11 is 5.82. The molecule has 8 heteroatoms. The number of anilines is 2. The molecule has 6 nitrogen and oxygen atoms in total. The van der Waals surface area contributed by atoms with Crippen LogP contribution in [0.25, 0.3) is 0 Å². The van der Waals surface area contributed by atoms with Gasteiger partial charge in [-0.2, -0.15) is 0 Å². The van der Waals surface area contributed by atoms with Crippen LogP contribution in [0.5, 0.6) is 0 Å². The summed E-state index contributed by atoms with van der Waals surface area (Å²) in [6.45, 7) is 1.82. The lowest BCUT2D eigenvalue weighted by Gasteiger charge is -2.26. The van der Waals surface area contributed by atoms with Crippen LogP contribution >= 0.6 is 11.6 Å². The number of sulfonamides is 1. The van der Waals surface area contributed by atoms with Crippen LogP contribution in [0.1, 0.15) is 24.8 Å². The topological polar surface area (TPSA) is 84.0 Å². The van der Waals surface area contributed by atoms with Crippen molar-refractivity contribution in [2.45, 2.75) is 37.1 Å². The lowest BCUT2D eigenvalue weighted by Crippen LogP contribution is -2.39. The minimum Gasteiger partial charge on any atom is -0.339 e. The van der Waals surface area contributed by atoms with E-state index >= 15 is 0 Å². The maximum Gasteiger partial charge on any atom is 0.242 e. The summed E-state index contributed by atoms with van der Waals surface area (Å²) in [5, 5.41) is 3.15. The van der Waals surface area contributed by atoms with Gasteiger partial charge in [0, 0.05) is 17.8 Å². The van der Waals surface area contributed by atoms with Crippen molar-refractivity contribution in [2.24, 2.45) is 0 Å². The van der Waals surface area contributed by atoms with Crippen LogP contribution in [-0.2, 0) is 10.0 Å². The average Bonchev–Trinajstić information content (AvgIpc) is 2.47. The molecule has 122 valence electrons. The zero-order valence-corrected chi connectivity index (χ0v) is 14.2. The number of hydrogen-bond acceptors (Lipinski definition) is 5. The minimum absolute atomic E-state index is 0.0308. The van der Waals surface area contributed by atoms with E-state index in [1.54, 1.807) is 30.5 Å². The molecule has 0 aliphatic heterocycles. The Morgan fingerprint density at radius 1 is 1.26 bits per heavy atom. The normalized spacial score (nSPS) is 15.2. The van der Waals surface area contributed by atoms with Gasteiger partial charge in [0.05, 0.1) is 5.69 Å². The van der Waals surface area contributed by atoms with E-state index in [2.05, 4.69) is 20.0 Å². The maximum atomic E-state index is 12.6. The second-order valence-electron chi connectivity index (χ2n) is 5.54. The standard InChI is InChI=1S/C15H17ClN4O2S/c1-10-9-17-15(16)19-14(10)18-12-7-2-3-8-13(12)23(21,22)20-11-5-4-6-11/h2-3,7-9,11,20H,4-6H2,1H3,(H,17,18,19). The lowest BCUT2D eigenvalue weighted by atomic mass is 9.94. The van der Waals surface area contributed by atoms with E-state index in [4.69, 9.17) is 11.6 Å². The number of rotatable bonds is 5. The van der Waals surface area contributed by atoms with Gasteiger partial charge in [-0.1, -0.05) is 18.6 Å². The molecule has 1 saturated carbocycles. The lowest BCUT2D eigenvalue weighted by molar-refractivity contribution is 0.383. The smallest absolute Gasteiger partial charge is 0.242 e. The third-order valence-corrected chi connectivity index (χ3v) is 5.56. The van der Waals surface area contributed by atoms with Crippen molar-refractivity contribution in [3.8, 4) is 0 Å². The third-order valence-electron chi connectivity index (χ3n) is 3.80. The highest BCUT2D eigenvalue weighted by Gasteiger charge is 2.26. The molecular formula is C15H17ClN4O2S. The highest BCUT2D eigenvalue weighted by molar-refractivity contribution is 7.89. The second kappa shape index (κ2) is 6.43. The van der Waals surface area contributed by atoms with Crippen molar-refractivity contribution in [3.63, 3.8) is 0 Å². The highest BCUT2D eigenvalue weighted by atomic mass is 35.5. The molecule has 1 fully saturated rings. The molecule has 1 heterocycles. The fourth-order valence-corrected chi connectivity index (χ4v) is 3.89. The molecule has 2 aromatic rings. The number of hydrogen-bond donors (Lipinski definition) is 2. The molecule has 0 radical (unpaired) electrons. The van der Waals surface area contributed by atoms with Gasteiger partial charge in [0.15, 0.2) is 0 Å². The number of benzene rings is 1. The molecule has 23 heavy (non-hydrogen) atoms. The predicted octanol–water partition coefficient (Wildman–Crippen LogP) is 3.01. The van der Waals surface area contributed by atoms with Crippen LogP contribution in [0, 0.1) is 6.92 Å². The van der Waals surface area contributed by atoms with Gasteiger partial charge >= 0.3 is 0 Å². The van der Waals surface area contributed by atoms with E-state index in [0.29, 0.717) is 11.5 Å². The van der Waals surface area contributed by atoms with Crippen LogP contribution in [0.2, 0.25) is 5.28 Å². The monoisotopic (exact) mass is 352 g/mol. The largest absolute Gasteiger partial charge is 0.339 e. The average molecular weight is 353 g/mol. The van der Waals surface area contributed by atoms with E-state index in [0.717, 1.165) is 24.8 Å². The summed E-state index contributed by atoms with van der Waals surface area (Å²) in [5.74, 6) is 0.483. The predicted molar refractivity (Wildman–Crippen MR) is 89.5 cm³/mol. The van der Waals surface area contributed by atoms with E-state index in [-0.39, 0.29) is 16.2 Å². The van der Waals surface area contributed by atoms with Crippen molar-refractivity contribution in [2.75, 3.05) is 5.32 Å². The van der Waals surface area contributed by atoms with Gasteiger partial charge in [0.2, 0.25) is 15.3 Å². The van der Waals surface area contributed by atoms with Crippen LogP contribution in [0.15, 0.2) is 35.4 Å². The van der Waals surface area contributed by atoms with E-state index in [9.17, 15) is 8.42 Å². The summed E-state index contributed by atoms with van der Waals surface area (Å²) in [6.07, 6.45) is 4.41. The van der Waals surface area contributed by atoms with Crippen LogP contribution in [-0.4, -0.2) is 24.4 Å². The molecule has 0 unspecified atom stereocenters. The number of aromatic nitrogens is 2. The molecule has 3 rings (SSSR count). The number of nitrogens with one attached hydrogen (secondary N) is 2. The summed E-state index contributed by atoms with van der Waals surface area (Å²) in [4.78, 5) is 8.20. The van der Waals surface area contributed by atoms with Gasteiger partial charge < -0.3 is 5.32 Å². The zero-order valence-electron chi connectivity index (χ0n) is 12.6. The Hall–Kier alpha value is -1.70. The van der Waals surface area contributed by atoms with Crippen molar-refractivity contribution in [1.82, 2.24) is 14.7 Å². The van der Waals surface area contributed by atoms with Crippen LogP contribution in [0.3, 0.4) is 0 Å². The molecule has 1 aliphatic rings. The first kappa shape index (κ1) is 16.2. The quantitative estimate of drug-likeness (QED) is 0.808. The Morgan fingerprint density at radius 3 is 2.70 bits per heavy atom. The van der Waals surface area contributed by atoms with Gasteiger partial charge in [-0.3, -0.25) is 0 Å². The molecule has 0 spiro atoms. The van der Waals surface area contributed by atoms with E-state index < -0.39 is 10.0 Å². The van der Waals surface area contributed by atoms with E-state index in [1.807, 2.05) is 6.92 Å². The van der Waals surface area contributed by atoms with Gasteiger partial charge in [0.1, 0.15) is 10.7 Å². The Bertz CT molecular complexity index is 822. The number of nitrogens with zero attached hydrogens (tertiary/aromatic N) is 2. The number of aryl methyl sites for hydroxylation is 1. The first-order valence-corrected chi connectivity index (χ1v) is 9.19. The van der Waals surface area contributed by atoms with E-state index in [1.165, 1.54) is 0 Å². The summed E-state index contributed by atoms with van der Waals surface area (Å²) in [5.41, 5.74) is 1.23. The Balaban J connectivity index is 1.92. The third kappa shape index (κ3) is 3.63. The van der Waals surface area contributed by atoms with Crippen molar-refractivity contribution in [1.29, 1.82) is 0 Å². The molecule has 0 atom stereocenters. The molecule has 2 N–H and O–H groups in total. The maximum absolute atomic E-state index is 12.6. The fourth-order valence-electron chi connectivity index (χ4n) is 2.29. The summed E-state index contributed by atoms with van der Waals surface area (Å²) < 4.78 is 27.9. The highest BCUT2D eigenvalue weighted by Crippen LogP contribution is 2.27. The minimum atomic E-state index is -3.58. The number of halogens is 1. The van der Waals surface area contributed by atoms with Crippen molar-refractivity contribution in [3.05, 3.63) is 41.3 Å². The second-order valence-corrected chi connectivity index (χ2v) is 7.56. The SMILES string of the molecule is Cc1cnc(Cl)nc1Nc1ccccc1S(=O)(=O)NC1CCC1. The first-order valence-electron chi connectivity index (χ1n) is 7.33. The molecule has 0 bridgehead atoms. The zero-order chi connectivity index (χ0) is 16.4. The van der Waals surface area contributed by atoms with Crippen LogP contribution in [0.4, 0.5) is 11.5 Å². The molecule has 1 aromatic heterocycles. The van der Waals surface area contributed by atoms with Gasteiger partial charge in [-0.15, -0.1) is 0 Å². The summed E-state index contributed by atoms with van der Waals surface area (Å²) in [6, 6.07) is 6.76.